The summed E-state index contributed by atoms with van der Waals surface area (Å²) in [6.45, 7) is 0. The molecule has 1 unspecified atom stereocenters. The van der Waals surface area contributed by atoms with Crippen LogP contribution in [0.25, 0.3) is 0 Å². The first-order valence-corrected chi connectivity index (χ1v) is 6.72. The lowest BCUT2D eigenvalue weighted by Gasteiger charge is -2.15. The fourth-order valence-electron chi connectivity index (χ4n) is 1.11. The lowest BCUT2D eigenvalue weighted by molar-refractivity contribution is -0.175. The van der Waals surface area contributed by atoms with Crippen LogP contribution in [0.4, 0.5) is 13.2 Å². The Morgan fingerprint density at radius 3 is 2.32 bits per heavy atom. The van der Waals surface area contributed by atoms with E-state index in [0.717, 1.165) is 7.11 Å². The minimum absolute atomic E-state index is 0.0684. The molecule has 2 atom stereocenters. The van der Waals surface area contributed by atoms with E-state index in [0.29, 0.717) is 0 Å². The van der Waals surface area contributed by atoms with Crippen LogP contribution < -0.4 is 5.32 Å². The molecule has 0 bridgehead atoms. The molecule has 0 heterocycles. The highest BCUT2D eigenvalue weighted by Gasteiger charge is 2.41. The third-order valence-corrected chi connectivity index (χ3v) is 3.29. The predicted octanol–water partition coefficient (Wildman–Crippen LogP) is 1.03. The van der Waals surface area contributed by atoms with Crippen molar-refractivity contribution in [2.45, 2.75) is 18.6 Å². The van der Waals surface area contributed by atoms with E-state index >= 15 is 0 Å². The van der Waals surface area contributed by atoms with Crippen LogP contribution in [0.5, 0.6) is 0 Å². The number of amides is 1. The Balaban J connectivity index is 4.53. The normalized spacial score (nSPS) is 13.6. The number of alkyl halides is 3. The molecule has 0 aromatic heterocycles. The third-order valence-electron chi connectivity index (χ3n) is 1.99. The van der Waals surface area contributed by atoms with Gasteiger partial charge >= 0.3 is 25.9 Å². The number of esters is 1. The van der Waals surface area contributed by atoms with Crippen LogP contribution in [0, 0.1) is 0 Å². The summed E-state index contributed by atoms with van der Waals surface area (Å²) in [6.07, 6.45) is -5.47. The zero-order valence-electron chi connectivity index (χ0n) is 10.3. The highest BCUT2D eigenvalue weighted by molar-refractivity contribution is 7.44. The summed E-state index contributed by atoms with van der Waals surface area (Å²) in [5, 5.41) is 1.50. The Labute approximate surface area is 108 Å². The molecule has 0 aliphatic carbocycles. The average Bonchev–Trinajstić information content (AvgIpc) is 2.32. The molecule has 0 aromatic rings. The molecule has 0 fully saturated rings. The molecular weight excluding hydrogens is 290 g/mol. The smallest absolute Gasteiger partial charge is 0.467 e. The van der Waals surface area contributed by atoms with Gasteiger partial charge in [0.1, 0.15) is 6.04 Å². The van der Waals surface area contributed by atoms with Gasteiger partial charge in [-0.3, -0.25) is 4.79 Å². The van der Waals surface area contributed by atoms with Gasteiger partial charge in [-0.25, -0.2) is 4.79 Å². The maximum atomic E-state index is 12.1. The van der Waals surface area contributed by atoms with Crippen molar-refractivity contribution in [3.8, 4) is 0 Å². The van der Waals surface area contributed by atoms with Crippen LogP contribution in [-0.4, -0.2) is 50.8 Å². The number of carbonyl (C=O) groups excluding carboxylic acids is 2. The molecule has 0 aliphatic rings. The maximum absolute atomic E-state index is 12.1. The van der Waals surface area contributed by atoms with E-state index in [1.165, 1.54) is 12.4 Å². The van der Waals surface area contributed by atoms with Crippen molar-refractivity contribution in [1.29, 1.82) is 0 Å². The maximum Gasteiger partial charge on any atom is 0.471 e. The standard InChI is InChI=1S/C9H13F3NO5P/c1-17-5-19(16)4-3-6(7(14)18-2)13-8(15)9(10,11)12/h6H,3-5H2,1-2H3/p+1/t6-/m0/s1. The van der Waals surface area contributed by atoms with Gasteiger partial charge < -0.3 is 14.8 Å². The first kappa shape index (κ1) is 17.8. The van der Waals surface area contributed by atoms with Gasteiger partial charge in [0.2, 0.25) is 6.35 Å². The second kappa shape index (κ2) is 8.06. The van der Waals surface area contributed by atoms with E-state index in [9.17, 15) is 27.3 Å². The fourth-order valence-corrected chi connectivity index (χ4v) is 2.08. The zero-order chi connectivity index (χ0) is 15.1. The SMILES string of the molecule is COC[P+](=O)CC[C@H](NC(=O)C(F)(F)F)C(=O)OC. The monoisotopic (exact) mass is 304 g/mol. The van der Waals surface area contributed by atoms with Crippen molar-refractivity contribution in [3.63, 3.8) is 0 Å². The molecule has 0 aliphatic heterocycles. The Kier molecular flexibility index (Phi) is 7.55. The Morgan fingerprint density at radius 1 is 1.32 bits per heavy atom. The number of methoxy groups -OCH3 is 2. The van der Waals surface area contributed by atoms with E-state index in [1.807, 2.05) is 0 Å². The van der Waals surface area contributed by atoms with Crippen molar-refractivity contribution in [2.75, 3.05) is 26.7 Å². The Bertz CT molecular complexity index is 347. The van der Waals surface area contributed by atoms with Gasteiger partial charge in [-0.05, 0) is 0 Å². The van der Waals surface area contributed by atoms with Crippen LogP contribution in [0.1, 0.15) is 6.42 Å². The molecule has 0 saturated carbocycles. The molecular formula is C9H14F3NO5P+. The number of rotatable bonds is 7. The number of hydrogen-bond donors (Lipinski definition) is 1. The summed E-state index contributed by atoms with van der Waals surface area (Å²) in [5.74, 6) is -3.27. The molecule has 0 radical (unpaired) electrons. The Hall–Kier alpha value is -1.21. The van der Waals surface area contributed by atoms with Gasteiger partial charge in [0.05, 0.1) is 7.11 Å². The van der Waals surface area contributed by atoms with E-state index in [4.69, 9.17) is 0 Å². The first-order valence-electron chi connectivity index (χ1n) is 5.09. The van der Waals surface area contributed by atoms with Crippen LogP contribution in [0.2, 0.25) is 0 Å². The van der Waals surface area contributed by atoms with Crippen LogP contribution in [0.15, 0.2) is 0 Å². The minimum Gasteiger partial charge on any atom is -0.467 e. The van der Waals surface area contributed by atoms with Crippen molar-refractivity contribution in [3.05, 3.63) is 0 Å². The minimum atomic E-state index is -5.10. The number of ether oxygens (including phenoxy) is 2. The van der Waals surface area contributed by atoms with Crippen molar-refractivity contribution >= 4 is 19.7 Å². The van der Waals surface area contributed by atoms with Gasteiger partial charge in [0.25, 0.3) is 0 Å². The average molecular weight is 304 g/mol. The molecule has 6 nitrogen and oxygen atoms in total. The van der Waals surface area contributed by atoms with Crippen LogP contribution >= 0.6 is 7.80 Å². The summed E-state index contributed by atoms with van der Waals surface area (Å²) in [7, 11) is 0.484. The summed E-state index contributed by atoms with van der Waals surface area (Å²) in [6, 6.07) is -1.49. The van der Waals surface area contributed by atoms with Gasteiger partial charge in [-0.2, -0.15) is 13.2 Å². The van der Waals surface area contributed by atoms with Gasteiger partial charge in [-0.1, -0.05) is 4.57 Å². The second-order valence-electron chi connectivity index (χ2n) is 3.46. The van der Waals surface area contributed by atoms with E-state index in [2.05, 4.69) is 9.47 Å². The number of hydrogen-bond acceptors (Lipinski definition) is 5. The lowest BCUT2D eigenvalue weighted by Crippen LogP contribution is -2.47. The summed E-state index contributed by atoms with van der Waals surface area (Å²) in [4.78, 5) is 21.9. The summed E-state index contributed by atoms with van der Waals surface area (Å²) in [5.41, 5.74) is 0. The number of halogens is 3. The molecule has 0 aromatic carbocycles. The first-order chi connectivity index (χ1) is 8.72. The van der Waals surface area contributed by atoms with Gasteiger partial charge in [-0.15, -0.1) is 0 Å². The highest BCUT2D eigenvalue weighted by atomic mass is 31.1. The molecule has 19 heavy (non-hydrogen) atoms. The van der Waals surface area contributed by atoms with E-state index in [1.54, 1.807) is 0 Å². The van der Waals surface area contributed by atoms with E-state index in [-0.39, 0.29) is 18.9 Å². The molecule has 1 N–H and O–H groups in total. The van der Waals surface area contributed by atoms with Crippen LogP contribution in [0.3, 0.4) is 0 Å². The Morgan fingerprint density at radius 2 is 1.89 bits per heavy atom. The highest BCUT2D eigenvalue weighted by Crippen LogP contribution is 2.22. The lowest BCUT2D eigenvalue weighted by atomic mass is 10.2. The third kappa shape index (κ3) is 7.07. The summed E-state index contributed by atoms with van der Waals surface area (Å²) < 4.78 is 56.3. The molecule has 10 heteroatoms. The second-order valence-corrected chi connectivity index (χ2v) is 5.13. The molecule has 0 saturated heterocycles. The van der Waals surface area contributed by atoms with Crippen molar-refractivity contribution < 1.29 is 36.8 Å². The number of nitrogens with one attached hydrogen (secondary N) is 1. The van der Waals surface area contributed by atoms with Crippen molar-refractivity contribution in [1.82, 2.24) is 5.32 Å². The van der Waals surface area contributed by atoms with Crippen LogP contribution in [-0.2, 0) is 23.6 Å². The molecule has 0 rings (SSSR count). The van der Waals surface area contributed by atoms with Gasteiger partial charge in [0.15, 0.2) is 6.16 Å². The number of carbonyl (C=O) groups is 2. The van der Waals surface area contributed by atoms with Gasteiger partial charge in [0, 0.05) is 13.5 Å². The topological polar surface area (TPSA) is 81.7 Å². The largest absolute Gasteiger partial charge is 0.471 e. The molecule has 0 spiro atoms. The summed E-state index contributed by atoms with van der Waals surface area (Å²) >= 11 is 0. The fraction of sp³-hybridized carbons (Fsp3) is 0.778. The molecule has 1 amide bonds. The quantitative estimate of drug-likeness (QED) is 0.561. The zero-order valence-corrected chi connectivity index (χ0v) is 11.2. The predicted molar refractivity (Wildman–Crippen MR) is 59.0 cm³/mol. The van der Waals surface area contributed by atoms with Crippen molar-refractivity contribution in [2.24, 2.45) is 0 Å². The molecule has 110 valence electrons. The van der Waals surface area contributed by atoms with E-state index < -0.39 is 31.9 Å².